The number of benzene rings is 4. The Labute approximate surface area is 216 Å². The number of allylic oxidation sites excluding steroid dienone is 1. The Morgan fingerprint density at radius 3 is 1.58 bits per heavy atom. The summed E-state index contributed by atoms with van der Waals surface area (Å²) >= 11 is 0. The van der Waals surface area contributed by atoms with Crippen LogP contribution in [-0.2, 0) is 0 Å². The first-order valence-electron chi connectivity index (χ1n) is 12.8. The molecule has 0 bridgehead atoms. The predicted molar refractivity (Wildman–Crippen MR) is 160 cm³/mol. The normalized spacial score (nSPS) is 11.3. The van der Waals surface area contributed by atoms with Gasteiger partial charge in [-0.15, -0.1) is 0 Å². The molecule has 0 aliphatic rings. The predicted octanol–water partition coefficient (Wildman–Crippen LogP) is 9.51. The van der Waals surface area contributed by atoms with Crippen molar-refractivity contribution in [2.75, 3.05) is 22.9 Å². The lowest BCUT2D eigenvalue weighted by atomic mass is 10.1. The highest BCUT2D eigenvalue weighted by atomic mass is 15.1. The number of hydrogen-bond donors (Lipinski definition) is 0. The average molecular weight is 473 g/mol. The van der Waals surface area contributed by atoms with Gasteiger partial charge in [0.15, 0.2) is 0 Å². The van der Waals surface area contributed by atoms with E-state index >= 15 is 0 Å². The van der Waals surface area contributed by atoms with Crippen molar-refractivity contribution in [3.05, 3.63) is 125 Å². The molecule has 4 aromatic carbocycles. The first-order chi connectivity index (χ1) is 17.6. The first-order valence-corrected chi connectivity index (χ1v) is 12.8. The van der Waals surface area contributed by atoms with Crippen LogP contribution in [0.5, 0.6) is 0 Å². The van der Waals surface area contributed by atoms with E-state index in [0.717, 1.165) is 30.2 Å². The van der Waals surface area contributed by atoms with E-state index in [4.69, 9.17) is 0 Å². The molecule has 2 nitrogen and oxygen atoms in total. The van der Waals surface area contributed by atoms with E-state index < -0.39 is 0 Å². The Morgan fingerprint density at radius 2 is 1.06 bits per heavy atom. The van der Waals surface area contributed by atoms with Crippen molar-refractivity contribution in [1.82, 2.24) is 0 Å². The zero-order chi connectivity index (χ0) is 25.3. The Hall–Kier alpha value is -4.04. The van der Waals surface area contributed by atoms with Gasteiger partial charge in [0.2, 0.25) is 0 Å². The Kier molecular flexibility index (Phi) is 8.41. The second kappa shape index (κ2) is 12.1. The monoisotopic (exact) mass is 472 g/mol. The number of aryl methyl sites for hydroxylation is 1. The van der Waals surface area contributed by atoms with Gasteiger partial charge in [-0.25, -0.2) is 0 Å². The van der Waals surface area contributed by atoms with E-state index in [1.165, 1.54) is 27.9 Å². The van der Waals surface area contributed by atoms with Gasteiger partial charge < -0.3 is 9.80 Å². The van der Waals surface area contributed by atoms with Gasteiger partial charge in [-0.1, -0.05) is 78.4 Å². The van der Waals surface area contributed by atoms with Crippen LogP contribution in [0.15, 0.2) is 103 Å². The lowest BCUT2D eigenvalue weighted by Gasteiger charge is -2.26. The average Bonchev–Trinajstić information content (AvgIpc) is 2.91. The zero-order valence-corrected chi connectivity index (χ0v) is 21.9. The van der Waals surface area contributed by atoms with Crippen LogP contribution < -0.4 is 9.80 Å². The third-order valence-corrected chi connectivity index (χ3v) is 6.42. The Morgan fingerprint density at radius 1 is 0.556 bits per heavy atom. The molecule has 0 amide bonds. The summed E-state index contributed by atoms with van der Waals surface area (Å²) in [5, 5.41) is 0. The van der Waals surface area contributed by atoms with Crippen molar-refractivity contribution >= 4 is 41.0 Å². The summed E-state index contributed by atoms with van der Waals surface area (Å²) < 4.78 is 0. The third-order valence-electron chi connectivity index (χ3n) is 6.42. The van der Waals surface area contributed by atoms with Gasteiger partial charge in [-0.3, -0.25) is 0 Å². The van der Waals surface area contributed by atoms with Crippen molar-refractivity contribution in [2.45, 2.75) is 27.7 Å². The molecule has 0 saturated carbocycles. The molecule has 0 atom stereocenters. The maximum Gasteiger partial charge on any atom is 0.0462 e. The molecule has 4 rings (SSSR count). The molecule has 2 heteroatoms. The van der Waals surface area contributed by atoms with Crippen molar-refractivity contribution in [1.29, 1.82) is 0 Å². The molecule has 0 aliphatic heterocycles. The van der Waals surface area contributed by atoms with Gasteiger partial charge in [0.25, 0.3) is 0 Å². The minimum absolute atomic E-state index is 1.01. The van der Waals surface area contributed by atoms with E-state index in [1.807, 2.05) is 6.92 Å². The molecule has 0 fully saturated rings. The fourth-order valence-corrected chi connectivity index (χ4v) is 4.41. The number of hydrogen-bond acceptors (Lipinski definition) is 2. The summed E-state index contributed by atoms with van der Waals surface area (Å²) in [6.45, 7) is 10.6. The zero-order valence-electron chi connectivity index (χ0n) is 21.9. The van der Waals surface area contributed by atoms with E-state index in [0.29, 0.717) is 0 Å². The molecule has 0 radical (unpaired) electrons. The number of nitrogens with zero attached hydrogens (tertiary/aromatic N) is 2. The highest BCUT2D eigenvalue weighted by molar-refractivity contribution is 5.79. The van der Waals surface area contributed by atoms with Gasteiger partial charge >= 0.3 is 0 Å². The van der Waals surface area contributed by atoms with Crippen molar-refractivity contribution in [2.24, 2.45) is 0 Å². The molecule has 0 aromatic heterocycles. The van der Waals surface area contributed by atoms with Crippen LogP contribution in [-0.4, -0.2) is 13.1 Å². The Balaban J connectivity index is 1.61. The second-order valence-electron chi connectivity index (χ2n) is 8.95. The minimum Gasteiger partial charge on any atom is -0.372 e. The first kappa shape index (κ1) is 25.1. The quantitative estimate of drug-likeness (QED) is 0.224. The molecule has 0 saturated heterocycles. The van der Waals surface area contributed by atoms with Crippen LogP contribution in [0.25, 0.3) is 18.2 Å². The van der Waals surface area contributed by atoms with Gasteiger partial charge in [-0.05, 0) is 92.9 Å². The maximum absolute atomic E-state index is 2.37. The molecule has 0 unspecified atom stereocenters. The standard InChI is InChI=1S/C34H36N2/c1-5-9-28-16-22-32(23-17-28)36(31-20-12-27(4)13-21-31)33-24-18-29(19-25-33)14-15-30-10-8-11-34(26-30)35(6-2)7-3/h5,8-26H,6-7H2,1-4H3. The molecule has 182 valence electrons. The van der Waals surface area contributed by atoms with E-state index in [9.17, 15) is 0 Å². The molecular formula is C34H36N2. The van der Waals surface area contributed by atoms with Crippen LogP contribution in [0.4, 0.5) is 22.7 Å². The highest BCUT2D eigenvalue weighted by Gasteiger charge is 2.12. The van der Waals surface area contributed by atoms with Gasteiger partial charge in [0, 0.05) is 35.8 Å². The van der Waals surface area contributed by atoms with Gasteiger partial charge in [0.05, 0.1) is 0 Å². The van der Waals surface area contributed by atoms with Crippen LogP contribution in [0, 0.1) is 6.92 Å². The summed E-state index contributed by atoms with van der Waals surface area (Å²) in [6, 6.07) is 34.9. The fourth-order valence-electron chi connectivity index (χ4n) is 4.41. The van der Waals surface area contributed by atoms with Crippen molar-refractivity contribution in [3.8, 4) is 0 Å². The molecule has 0 heterocycles. The summed E-state index contributed by atoms with van der Waals surface area (Å²) in [7, 11) is 0. The van der Waals surface area contributed by atoms with E-state index in [1.54, 1.807) is 0 Å². The van der Waals surface area contributed by atoms with E-state index in [2.05, 4.69) is 152 Å². The van der Waals surface area contributed by atoms with Crippen LogP contribution in [0.2, 0.25) is 0 Å². The Bertz CT molecular complexity index is 1290. The van der Waals surface area contributed by atoms with Crippen molar-refractivity contribution in [3.63, 3.8) is 0 Å². The maximum atomic E-state index is 2.37. The van der Waals surface area contributed by atoms with Crippen LogP contribution in [0.1, 0.15) is 43.0 Å². The summed E-state index contributed by atoms with van der Waals surface area (Å²) in [5.41, 5.74) is 9.55. The topological polar surface area (TPSA) is 6.48 Å². The molecule has 0 N–H and O–H groups in total. The molecule has 0 spiro atoms. The molecular weight excluding hydrogens is 436 g/mol. The van der Waals surface area contributed by atoms with Crippen LogP contribution in [0.3, 0.4) is 0 Å². The minimum atomic E-state index is 1.01. The summed E-state index contributed by atoms with van der Waals surface area (Å²) in [4.78, 5) is 4.68. The van der Waals surface area contributed by atoms with Gasteiger partial charge in [0.1, 0.15) is 0 Å². The molecule has 0 aliphatic carbocycles. The fraction of sp³-hybridized carbons (Fsp3) is 0.176. The largest absolute Gasteiger partial charge is 0.372 e. The highest BCUT2D eigenvalue weighted by Crippen LogP contribution is 2.35. The molecule has 36 heavy (non-hydrogen) atoms. The lowest BCUT2D eigenvalue weighted by molar-refractivity contribution is 0.866. The molecule has 4 aromatic rings. The number of anilines is 4. The van der Waals surface area contributed by atoms with Gasteiger partial charge in [-0.2, -0.15) is 0 Å². The van der Waals surface area contributed by atoms with Crippen molar-refractivity contribution < 1.29 is 0 Å². The number of rotatable bonds is 9. The third kappa shape index (κ3) is 6.14. The summed E-state index contributed by atoms with van der Waals surface area (Å²) in [5.74, 6) is 0. The SMILES string of the molecule is CC=Cc1ccc(N(c2ccc(C)cc2)c2ccc(C=Cc3cccc(N(CC)CC)c3)cc2)cc1. The summed E-state index contributed by atoms with van der Waals surface area (Å²) in [6.07, 6.45) is 8.57. The smallest absolute Gasteiger partial charge is 0.0462 e. The lowest BCUT2D eigenvalue weighted by Crippen LogP contribution is -2.21. The van der Waals surface area contributed by atoms with Crippen LogP contribution >= 0.6 is 0 Å². The van der Waals surface area contributed by atoms with E-state index in [-0.39, 0.29) is 0 Å². The second-order valence-corrected chi connectivity index (χ2v) is 8.95.